The van der Waals surface area contributed by atoms with Crippen molar-refractivity contribution >= 4 is 11.7 Å². The van der Waals surface area contributed by atoms with E-state index in [4.69, 9.17) is 0 Å². The summed E-state index contributed by atoms with van der Waals surface area (Å²) in [5, 5.41) is 5.55. The Balaban J connectivity index is 1.69. The van der Waals surface area contributed by atoms with Crippen molar-refractivity contribution in [2.45, 2.75) is 12.3 Å². The first kappa shape index (κ1) is 17.8. The fraction of sp³-hybridized carbons (Fsp3) is 0.105. The Kier molecular flexibility index (Phi) is 4.34. The molecule has 0 radical (unpaired) electrons. The van der Waals surface area contributed by atoms with E-state index in [1.54, 1.807) is 29.3 Å². The summed E-state index contributed by atoms with van der Waals surface area (Å²) in [5.74, 6) is -0.221. The van der Waals surface area contributed by atoms with E-state index in [2.05, 4.69) is 20.6 Å². The fourth-order valence-electron chi connectivity index (χ4n) is 3.12. The first-order chi connectivity index (χ1) is 13.4. The van der Waals surface area contributed by atoms with Crippen LogP contribution in [0.25, 0.3) is 0 Å². The third-order valence-corrected chi connectivity index (χ3v) is 4.32. The Morgan fingerprint density at radius 2 is 2.00 bits per heavy atom. The Hall–Kier alpha value is -3.62. The summed E-state index contributed by atoms with van der Waals surface area (Å²) in [6.07, 6.45) is 4.07. The fourth-order valence-corrected chi connectivity index (χ4v) is 3.12. The number of carbonyl (C=O) groups excluding carboxylic acids is 1. The molecular weight excluding hydrogens is 371 g/mol. The molecule has 28 heavy (non-hydrogen) atoms. The molecule has 0 saturated carbocycles. The third-order valence-electron chi connectivity index (χ3n) is 4.32. The molecule has 2 aliphatic heterocycles. The zero-order valence-corrected chi connectivity index (χ0v) is 14.3. The van der Waals surface area contributed by atoms with Gasteiger partial charge in [0, 0.05) is 18.0 Å². The van der Waals surface area contributed by atoms with Crippen molar-refractivity contribution in [1.82, 2.24) is 20.2 Å². The van der Waals surface area contributed by atoms with E-state index in [-0.39, 0.29) is 17.1 Å². The number of anilines is 1. The predicted octanol–water partition coefficient (Wildman–Crippen LogP) is 3.33. The van der Waals surface area contributed by atoms with E-state index in [0.29, 0.717) is 5.70 Å². The molecule has 4 rings (SSSR count). The Labute approximate surface area is 158 Å². The second kappa shape index (κ2) is 6.84. The maximum Gasteiger partial charge on any atom is 0.416 e. The molecule has 1 aromatic heterocycles. The number of fused-ring (bicyclic) bond motifs is 1. The van der Waals surface area contributed by atoms with Crippen molar-refractivity contribution in [2.75, 3.05) is 5.32 Å². The first-order valence-electron chi connectivity index (χ1n) is 8.32. The minimum atomic E-state index is -4.51. The van der Waals surface area contributed by atoms with Crippen LogP contribution in [0, 0.1) is 0 Å². The number of carbonyl (C=O) groups is 1. The second-order valence-corrected chi connectivity index (χ2v) is 6.05. The summed E-state index contributed by atoms with van der Waals surface area (Å²) in [4.78, 5) is 22.0. The molecule has 1 aromatic carbocycles. The van der Waals surface area contributed by atoms with Crippen LogP contribution in [-0.4, -0.2) is 20.8 Å². The van der Waals surface area contributed by atoms with Gasteiger partial charge in [-0.15, -0.1) is 0 Å². The van der Waals surface area contributed by atoms with Crippen molar-refractivity contribution in [3.8, 4) is 0 Å². The van der Waals surface area contributed by atoms with E-state index in [9.17, 15) is 18.0 Å². The molecule has 1 atom stereocenters. The van der Waals surface area contributed by atoms with Gasteiger partial charge < -0.3 is 15.5 Å². The number of hydrogen-bond acceptors (Lipinski definition) is 5. The van der Waals surface area contributed by atoms with Crippen molar-refractivity contribution in [2.24, 2.45) is 0 Å². The number of rotatable bonds is 3. The van der Waals surface area contributed by atoms with Crippen LogP contribution in [0.15, 0.2) is 78.7 Å². The van der Waals surface area contributed by atoms with Gasteiger partial charge in [0.05, 0.1) is 11.3 Å². The number of nitrogens with one attached hydrogen (secondary N) is 2. The molecule has 1 unspecified atom stereocenters. The summed E-state index contributed by atoms with van der Waals surface area (Å²) in [6, 6.07) is 6.82. The minimum Gasteiger partial charge on any atom is -0.355 e. The van der Waals surface area contributed by atoms with Crippen LogP contribution < -0.4 is 10.6 Å². The van der Waals surface area contributed by atoms with E-state index in [1.807, 2.05) is 0 Å². The van der Waals surface area contributed by atoms with Gasteiger partial charge in [0.25, 0.3) is 5.91 Å². The maximum absolute atomic E-state index is 13.5. The number of nitrogens with zero attached hydrogens (tertiary/aromatic N) is 3. The normalized spacial score (nSPS) is 18.1. The second-order valence-electron chi connectivity index (χ2n) is 6.05. The Bertz CT molecular complexity index is 998. The molecule has 0 bridgehead atoms. The van der Waals surface area contributed by atoms with Gasteiger partial charge in [-0.2, -0.15) is 13.2 Å². The zero-order valence-electron chi connectivity index (χ0n) is 14.3. The molecule has 0 fully saturated rings. The Morgan fingerprint density at radius 1 is 1.18 bits per heavy atom. The van der Waals surface area contributed by atoms with E-state index < -0.39 is 23.8 Å². The lowest BCUT2D eigenvalue weighted by atomic mass is 10.0. The van der Waals surface area contributed by atoms with Gasteiger partial charge in [-0.05, 0) is 24.3 Å². The molecule has 2 aliphatic rings. The molecule has 1 amide bonds. The van der Waals surface area contributed by atoms with Gasteiger partial charge in [0.15, 0.2) is 0 Å². The maximum atomic E-state index is 13.5. The summed E-state index contributed by atoms with van der Waals surface area (Å²) < 4.78 is 40.5. The monoisotopic (exact) mass is 385 g/mol. The summed E-state index contributed by atoms with van der Waals surface area (Å²) in [6.45, 7) is 0. The predicted molar refractivity (Wildman–Crippen MR) is 95.1 cm³/mol. The number of alkyl halides is 3. The summed E-state index contributed by atoms with van der Waals surface area (Å²) in [5.41, 5.74) is -0.109. The number of amides is 1. The molecule has 0 saturated heterocycles. The number of allylic oxidation sites excluding steroid dienone is 3. The van der Waals surface area contributed by atoms with Crippen LogP contribution in [0.2, 0.25) is 0 Å². The minimum absolute atomic E-state index is 0.0253. The zero-order chi connectivity index (χ0) is 19.7. The lowest BCUT2D eigenvalue weighted by Crippen LogP contribution is -2.30. The van der Waals surface area contributed by atoms with Gasteiger partial charge in [-0.3, -0.25) is 4.79 Å². The van der Waals surface area contributed by atoms with Crippen molar-refractivity contribution in [3.05, 3.63) is 89.8 Å². The number of benzene rings is 1. The molecule has 2 aromatic rings. The largest absolute Gasteiger partial charge is 0.416 e. The van der Waals surface area contributed by atoms with Crippen molar-refractivity contribution in [1.29, 1.82) is 0 Å². The molecule has 6 nitrogen and oxygen atoms in total. The summed E-state index contributed by atoms with van der Waals surface area (Å²) in [7, 11) is 0. The lowest BCUT2D eigenvalue weighted by Gasteiger charge is -2.28. The smallest absolute Gasteiger partial charge is 0.355 e. The molecule has 3 heterocycles. The SMILES string of the molecule is O=C(Nc1ccncn1)C1=C2C=CC=CN2C(c2ccccc2C(F)(F)F)N1. The van der Waals surface area contributed by atoms with Crippen LogP contribution in [0.5, 0.6) is 0 Å². The van der Waals surface area contributed by atoms with Crippen molar-refractivity contribution < 1.29 is 18.0 Å². The van der Waals surface area contributed by atoms with Crippen LogP contribution in [0.1, 0.15) is 17.3 Å². The van der Waals surface area contributed by atoms with E-state index in [1.165, 1.54) is 36.8 Å². The summed E-state index contributed by atoms with van der Waals surface area (Å²) >= 11 is 0. The highest BCUT2D eigenvalue weighted by atomic mass is 19.4. The number of hydrogen-bond donors (Lipinski definition) is 2. The van der Waals surface area contributed by atoms with Gasteiger partial charge in [0.2, 0.25) is 0 Å². The van der Waals surface area contributed by atoms with E-state index >= 15 is 0 Å². The topological polar surface area (TPSA) is 70.2 Å². The van der Waals surface area contributed by atoms with Crippen LogP contribution in [0.4, 0.5) is 19.0 Å². The number of aromatic nitrogens is 2. The van der Waals surface area contributed by atoms with Crippen LogP contribution in [-0.2, 0) is 11.0 Å². The van der Waals surface area contributed by atoms with Gasteiger partial charge in [-0.25, -0.2) is 9.97 Å². The highest BCUT2D eigenvalue weighted by molar-refractivity contribution is 6.04. The van der Waals surface area contributed by atoms with Crippen LogP contribution >= 0.6 is 0 Å². The van der Waals surface area contributed by atoms with Crippen LogP contribution in [0.3, 0.4) is 0 Å². The number of halogens is 3. The molecule has 142 valence electrons. The highest BCUT2D eigenvalue weighted by Crippen LogP contribution is 2.40. The lowest BCUT2D eigenvalue weighted by molar-refractivity contribution is -0.138. The third kappa shape index (κ3) is 3.22. The van der Waals surface area contributed by atoms with Gasteiger partial charge >= 0.3 is 6.18 Å². The molecule has 2 N–H and O–H groups in total. The van der Waals surface area contributed by atoms with E-state index in [0.717, 1.165) is 6.07 Å². The average Bonchev–Trinajstić information content (AvgIpc) is 3.08. The molecule has 9 heteroatoms. The highest BCUT2D eigenvalue weighted by Gasteiger charge is 2.40. The van der Waals surface area contributed by atoms with Gasteiger partial charge in [-0.1, -0.05) is 24.3 Å². The molecule has 0 spiro atoms. The molecule has 0 aliphatic carbocycles. The standard InChI is InChI=1S/C19H14F3N5O/c20-19(21,22)13-6-2-1-5-12(13)17-26-16(14-7-3-4-10-27(14)17)18(28)25-15-8-9-23-11-24-15/h1-11,17,26H,(H,23,24,25,28). The average molecular weight is 385 g/mol. The Morgan fingerprint density at radius 3 is 2.75 bits per heavy atom. The first-order valence-corrected chi connectivity index (χ1v) is 8.32. The molecular formula is C19H14F3N5O. The van der Waals surface area contributed by atoms with Gasteiger partial charge in [0.1, 0.15) is 24.0 Å². The van der Waals surface area contributed by atoms with Crippen molar-refractivity contribution in [3.63, 3.8) is 0 Å². The quantitative estimate of drug-likeness (QED) is 0.848.